The molecule has 1 aliphatic rings. The molecule has 0 atom stereocenters. The van der Waals surface area contributed by atoms with Gasteiger partial charge in [-0.3, -0.25) is 9.78 Å². The molecular weight excluding hydrogens is 376 g/mol. The lowest BCUT2D eigenvalue weighted by Gasteiger charge is -2.18. The number of hydrogen-bond donors (Lipinski definition) is 2. The van der Waals surface area contributed by atoms with Gasteiger partial charge in [-0.05, 0) is 61.8 Å². The Labute approximate surface area is 174 Å². The number of allylic oxidation sites excluding steroid dienone is 1. The Hall–Kier alpha value is -3.79. The molecule has 3 aromatic heterocycles. The highest BCUT2D eigenvalue weighted by Gasteiger charge is 2.17. The van der Waals surface area contributed by atoms with Crippen molar-refractivity contribution in [1.82, 2.24) is 15.0 Å². The van der Waals surface area contributed by atoms with Gasteiger partial charge in [0, 0.05) is 41.5 Å². The van der Waals surface area contributed by atoms with Gasteiger partial charge in [-0.25, -0.2) is 9.97 Å². The predicted octanol–water partition coefficient (Wildman–Crippen LogP) is 4.16. The third-order valence-corrected chi connectivity index (χ3v) is 5.46. The van der Waals surface area contributed by atoms with Gasteiger partial charge in [0.1, 0.15) is 11.6 Å². The Morgan fingerprint density at radius 2 is 2.10 bits per heavy atom. The molecule has 3 N–H and O–H groups in total. The number of aryl methyl sites for hydroxylation is 1. The number of amides is 1. The lowest BCUT2D eigenvalue weighted by Crippen LogP contribution is -2.13. The Morgan fingerprint density at radius 3 is 2.83 bits per heavy atom. The van der Waals surface area contributed by atoms with E-state index in [1.807, 2.05) is 19.1 Å². The number of nitrogens with one attached hydrogen (secondary N) is 1. The zero-order valence-corrected chi connectivity index (χ0v) is 16.7. The molecule has 7 nitrogen and oxygen atoms in total. The Balaban J connectivity index is 1.58. The average molecular weight is 398 g/mol. The maximum Gasteiger partial charge on any atom is 0.249 e. The number of pyridine rings is 3. The SMILES string of the molecule is Cc1ccncc1-c1cc2cc(NC(=O)C=C3CCC(C#N)CC3)ncc2c(N)n1. The monoisotopic (exact) mass is 398 g/mol. The first-order chi connectivity index (χ1) is 14.5. The van der Waals surface area contributed by atoms with E-state index in [4.69, 9.17) is 11.0 Å². The molecule has 1 fully saturated rings. The van der Waals surface area contributed by atoms with Gasteiger partial charge in [0.05, 0.1) is 11.8 Å². The van der Waals surface area contributed by atoms with E-state index in [1.165, 1.54) is 0 Å². The number of carbonyl (C=O) groups is 1. The van der Waals surface area contributed by atoms with Crippen LogP contribution in [0.3, 0.4) is 0 Å². The second-order valence-electron chi connectivity index (χ2n) is 7.57. The van der Waals surface area contributed by atoms with Gasteiger partial charge in [-0.15, -0.1) is 0 Å². The van der Waals surface area contributed by atoms with E-state index in [1.54, 1.807) is 30.7 Å². The van der Waals surface area contributed by atoms with Crippen molar-refractivity contribution in [3.63, 3.8) is 0 Å². The third kappa shape index (κ3) is 4.13. The van der Waals surface area contributed by atoms with Crippen LogP contribution in [-0.2, 0) is 4.79 Å². The first-order valence-electron chi connectivity index (χ1n) is 9.91. The largest absolute Gasteiger partial charge is 0.383 e. The van der Waals surface area contributed by atoms with E-state index in [9.17, 15) is 4.79 Å². The quantitative estimate of drug-likeness (QED) is 0.640. The molecule has 3 aromatic rings. The van der Waals surface area contributed by atoms with Crippen LogP contribution in [0.25, 0.3) is 22.0 Å². The molecule has 0 unspecified atom stereocenters. The minimum Gasteiger partial charge on any atom is -0.383 e. The summed E-state index contributed by atoms with van der Waals surface area (Å²) in [4.78, 5) is 25.4. The molecule has 1 aliphatic carbocycles. The van der Waals surface area contributed by atoms with E-state index in [2.05, 4.69) is 26.3 Å². The van der Waals surface area contributed by atoms with Gasteiger partial charge in [0.25, 0.3) is 0 Å². The molecule has 7 heteroatoms. The molecule has 0 bridgehead atoms. The van der Waals surface area contributed by atoms with Crippen molar-refractivity contribution in [3.05, 3.63) is 54.0 Å². The summed E-state index contributed by atoms with van der Waals surface area (Å²) in [5.74, 6) is 0.726. The summed E-state index contributed by atoms with van der Waals surface area (Å²) >= 11 is 0. The van der Waals surface area contributed by atoms with E-state index in [-0.39, 0.29) is 11.8 Å². The van der Waals surface area contributed by atoms with Crippen molar-refractivity contribution in [2.24, 2.45) is 5.92 Å². The molecule has 1 amide bonds. The molecule has 0 aromatic carbocycles. The molecule has 30 heavy (non-hydrogen) atoms. The first kappa shape index (κ1) is 19.5. The number of rotatable bonds is 3. The maximum absolute atomic E-state index is 12.4. The van der Waals surface area contributed by atoms with Crippen LogP contribution in [0.5, 0.6) is 0 Å². The molecule has 0 aliphatic heterocycles. The molecule has 150 valence electrons. The summed E-state index contributed by atoms with van der Waals surface area (Å²) in [6.07, 6.45) is 9.95. The number of fused-ring (bicyclic) bond motifs is 1. The Morgan fingerprint density at radius 1 is 1.30 bits per heavy atom. The molecule has 0 radical (unpaired) electrons. The number of carbonyl (C=O) groups excluding carboxylic acids is 1. The summed E-state index contributed by atoms with van der Waals surface area (Å²) in [6.45, 7) is 1.99. The fourth-order valence-corrected chi connectivity index (χ4v) is 3.72. The highest BCUT2D eigenvalue weighted by Crippen LogP contribution is 2.29. The zero-order valence-electron chi connectivity index (χ0n) is 16.7. The van der Waals surface area contributed by atoms with Crippen LogP contribution in [0.1, 0.15) is 31.2 Å². The van der Waals surface area contributed by atoms with Crippen LogP contribution in [-0.4, -0.2) is 20.9 Å². The number of nitriles is 1. The third-order valence-electron chi connectivity index (χ3n) is 5.46. The van der Waals surface area contributed by atoms with E-state index < -0.39 is 0 Å². The fraction of sp³-hybridized carbons (Fsp3) is 0.261. The summed E-state index contributed by atoms with van der Waals surface area (Å²) in [6, 6.07) is 7.95. The molecular formula is C23H22N6O. The number of hydrogen-bond acceptors (Lipinski definition) is 6. The van der Waals surface area contributed by atoms with Crippen LogP contribution in [0.2, 0.25) is 0 Å². The highest BCUT2D eigenvalue weighted by atomic mass is 16.1. The van der Waals surface area contributed by atoms with Gasteiger partial charge >= 0.3 is 0 Å². The smallest absolute Gasteiger partial charge is 0.249 e. The Kier molecular flexibility index (Phi) is 5.40. The second kappa shape index (κ2) is 8.29. The van der Waals surface area contributed by atoms with Gasteiger partial charge < -0.3 is 11.1 Å². The minimum absolute atomic E-state index is 0.101. The predicted molar refractivity (Wildman–Crippen MR) is 116 cm³/mol. The summed E-state index contributed by atoms with van der Waals surface area (Å²) < 4.78 is 0. The Bertz CT molecular complexity index is 1180. The standard InChI is InChI=1S/C23H22N6O/c1-14-6-7-26-12-18(14)20-9-17-10-21(27-13-19(17)23(25)28-20)29-22(30)8-15-2-4-16(11-24)5-3-15/h6-10,12-13,16H,2-5H2,1H3,(H2,25,28)(H,27,29,30). The molecule has 3 heterocycles. The highest BCUT2D eigenvalue weighted by molar-refractivity contribution is 6.01. The van der Waals surface area contributed by atoms with E-state index in [0.717, 1.165) is 58.8 Å². The van der Waals surface area contributed by atoms with Crippen molar-refractivity contribution in [3.8, 4) is 17.3 Å². The molecule has 0 spiro atoms. The normalized spacial score (nSPS) is 16.1. The van der Waals surface area contributed by atoms with Gasteiger partial charge in [-0.2, -0.15) is 5.26 Å². The van der Waals surface area contributed by atoms with Gasteiger partial charge in [-0.1, -0.05) is 5.57 Å². The van der Waals surface area contributed by atoms with E-state index >= 15 is 0 Å². The second-order valence-corrected chi connectivity index (χ2v) is 7.57. The lowest BCUT2D eigenvalue weighted by molar-refractivity contribution is -0.112. The number of nitrogens with two attached hydrogens (primary N) is 1. The number of aromatic nitrogens is 3. The number of nitrogen functional groups attached to an aromatic ring is 1. The maximum atomic E-state index is 12.4. The summed E-state index contributed by atoms with van der Waals surface area (Å²) in [5.41, 5.74) is 9.91. The van der Waals surface area contributed by atoms with Crippen molar-refractivity contribution < 1.29 is 4.79 Å². The molecule has 4 rings (SSSR count). The van der Waals surface area contributed by atoms with Gasteiger partial charge in [0.15, 0.2) is 0 Å². The van der Waals surface area contributed by atoms with Crippen molar-refractivity contribution >= 4 is 28.3 Å². The topological polar surface area (TPSA) is 118 Å². The molecule has 1 saturated carbocycles. The fourth-order valence-electron chi connectivity index (χ4n) is 3.72. The molecule has 0 saturated heterocycles. The number of nitrogens with zero attached hydrogens (tertiary/aromatic N) is 4. The van der Waals surface area contributed by atoms with Gasteiger partial charge in [0.2, 0.25) is 5.91 Å². The zero-order chi connectivity index (χ0) is 21.1. The summed E-state index contributed by atoms with van der Waals surface area (Å²) in [7, 11) is 0. The number of anilines is 2. The average Bonchev–Trinajstić information content (AvgIpc) is 2.74. The van der Waals surface area contributed by atoms with E-state index in [0.29, 0.717) is 11.6 Å². The van der Waals surface area contributed by atoms with Crippen molar-refractivity contribution in [2.45, 2.75) is 32.6 Å². The van der Waals surface area contributed by atoms with Crippen molar-refractivity contribution in [2.75, 3.05) is 11.1 Å². The van der Waals surface area contributed by atoms with Crippen LogP contribution in [0.4, 0.5) is 11.6 Å². The van der Waals surface area contributed by atoms with Crippen LogP contribution in [0.15, 0.2) is 48.4 Å². The first-order valence-corrected chi connectivity index (χ1v) is 9.91. The van der Waals surface area contributed by atoms with Crippen LogP contribution in [0, 0.1) is 24.2 Å². The van der Waals surface area contributed by atoms with Crippen LogP contribution >= 0.6 is 0 Å². The lowest BCUT2D eigenvalue weighted by atomic mass is 9.86. The van der Waals surface area contributed by atoms with Crippen molar-refractivity contribution in [1.29, 1.82) is 5.26 Å². The summed E-state index contributed by atoms with van der Waals surface area (Å²) in [5, 5.41) is 13.4. The minimum atomic E-state index is -0.211. The van der Waals surface area contributed by atoms with Crippen LogP contribution < -0.4 is 11.1 Å².